The minimum Gasteiger partial charge on any atom is -0.453 e. The molecule has 8 heteroatoms. The fourth-order valence-corrected chi connectivity index (χ4v) is 4.10. The maximum absolute atomic E-state index is 12.4. The zero-order chi connectivity index (χ0) is 20.1. The molecule has 2 aromatic heterocycles. The standard InChI is InChI=1S/C20H27N3O4S/c1-12-5-4-6-16(13(12)2)21-20(25)14(3)26-18(24)8-7-17-22-19(23-27-17)15-9-10-28-11-15/h9-14,16H,4-8H2,1-3H3,(H,21,25)/t12-,13+,14+,16-/m1/s1. The molecule has 7 nitrogen and oxygen atoms in total. The summed E-state index contributed by atoms with van der Waals surface area (Å²) in [7, 11) is 0. The van der Waals surface area contributed by atoms with E-state index in [-0.39, 0.29) is 24.8 Å². The molecule has 0 aliphatic heterocycles. The number of aryl methyl sites for hydroxylation is 1. The monoisotopic (exact) mass is 405 g/mol. The minimum atomic E-state index is -0.819. The van der Waals surface area contributed by atoms with Crippen molar-refractivity contribution in [1.82, 2.24) is 15.5 Å². The van der Waals surface area contributed by atoms with E-state index in [2.05, 4.69) is 29.3 Å². The lowest BCUT2D eigenvalue weighted by molar-refractivity contribution is -0.155. The summed E-state index contributed by atoms with van der Waals surface area (Å²) in [5.41, 5.74) is 0.888. The summed E-state index contributed by atoms with van der Waals surface area (Å²) in [5.74, 6) is 1.20. The van der Waals surface area contributed by atoms with Gasteiger partial charge in [0.15, 0.2) is 6.10 Å². The second kappa shape index (κ2) is 9.32. The summed E-state index contributed by atoms with van der Waals surface area (Å²) in [5, 5.41) is 10.8. The van der Waals surface area contributed by atoms with Gasteiger partial charge in [-0.1, -0.05) is 31.8 Å². The third kappa shape index (κ3) is 5.19. The Morgan fingerprint density at radius 1 is 1.39 bits per heavy atom. The third-order valence-corrected chi connectivity index (χ3v) is 6.19. The zero-order valence-electron chi connectivity index (χ0n) is 16.5. The number of carbonyl (C=O) groups excluding carboxylic acids is 2. The fraction of sp³-hybridized carbons (Fsp3) is 0.600. The van der Waals surface area contributed by atoms with Gasteiger partial charge in [0.1, 0.15) is 0 Å². The van der Waals surface area contributed by atoms with E-state index in [9.17, 15) is 9.59 Å². The Kier molecular flexibility index (Phi) is 6.83. The van der Waals surface area contributed by atoms with Crippen LogP contribution in [-0.4, -0.2) is 34.2 Å². The van der Waals surface area contributed by atoms with E-state index in [1.54, 1.807) is 18.3 Å². The van der Waals surface area contributed by atoms with Crippen LogP contribution in [0.2, 0.25) is 0 Å². The molecule has 0 aromatic carbocycles. The Morgan fingerprint density at radius 2 is 2.21 bits per heavy atom. The molecule has 0 saturated heterocycles. The molecule has 1 aliphatic rings. The van der Waals surface area contributed by atoms with E-state index in [0.717, 1.165) is 18.4 Å². The van der Waals surface area contributed by atoms with Crippen LogP contribution in [0.25, 0.3) is 11.4 Å². The van der Waals surface area contributed by atoms with Crippen LogP contribution < -0.4 is 5.32 Å². The number of ether oxygens (including phenoxy) is 1. The van der Waals surface area contributed by atoms with Gasteiger partial charge in [-0.05, 0) is 36.6 Å². The Balaban J connectivity index is 1.43. The number of nitrogens with zero attached hydrogens (tertiary/aromatic N) is 2. The van der Waals surface area contributed by atoms with Crippen LogP contribution in [0.5, 0.6) is 0 Å². The van der Waals surface area contributed by atoms with E-state index < -0.39 is 12.1 Å². The summed E-state index contributed by atoms with van der Waals surface area (Å²) in [6.45, 7) is 5.99. The molecule has 2 aromatic rings. The van der Waals surface area contributed by atoms with Gasteiger partial charge in [0.05, 0.1) is 6.42 Å². The Bertz CT molecular complexity index is 789. The number of thiophene rings is 1. The van der Waals surface area contributed by atoms with E-state index in [1.807, 2.05) is 16.8 Å². The van der Waals surface area contributed by atoms with Crippen LogP contribution in [0.15, 0.2) is 21.3 Å². The molecular weight excluding hydrogens is 378 g/mol. The van der Waals surface area contributed by atoms with Crippen molar-refractivity contribution in [3.8, 4) is 11.4 Å². The number of hydrogen-bond donors (Lipinski definition) is 1. The SMILES string of the molecule is C[C@H]1[C@H](C)CCC[C@H]1NC(=O)[C@H](C)OC(=O)CCc1nc(-c2ccsc2)no1. The zero-order valence-corrected chi connectivity index (χ0v) is 17.3. The lowest BCUT2D eigenvalue weighted by atomic mass is 9.78. The quantitative estimate of drug-likeness (QED) is 0.707. The predicted molar refractivity (Wildman–Crippen MR) is 106 cm³/mol. The number of rotatable bonds is 7. The van der Waals surface area contributed by atoms with Crippen LogP contribution in [0.1, 0.15) is 52.3 Å². The van der Waals surface area contributed by atoms with Crippen molar-refractivity contribution in [2.45, 2.75) is 65.0 Å². The highest BCUT2D eigenvalue weighted by Gasteiger charge is 2.30. The van der Waals surface area contributed by atoms with Gasteiger partial charge in [0, 0.05) is 23.4 Å². The van der Waals surface area contributed by atoms with Gasteiger partial charge in [-0.2, -0.15) is 16.3 Å². The summed E-state index contributed by atoms with van der Waals surface area (Å²) < 4.78 is 10.4. The van der Waals surface area contributed by atoms with Crippen LogP contribution in [0.3, 0.4) is 0 Å². The predicted octanol–water partition coefficient (Wildman–Crippen LogP) is 3.60. The van der Waals surface area contributed by atoms with E-state index in [4.69, 9.17) is 9.26 Å². The minimum absolute atomic E-state index is 0.0831. The molecule has 0 spiro atoms. The number of aromatic nitrogens is 2. The molecule has 1 N–H and O–H groups in total. The van der Waals surface area contributed by atoms with Gasteiger partial charge in [-0.15, -0.1) is 0 Å². The molecule has 3 rings (SSSR count). The Hall–Kier alpha value is -2.22. The molecule has 0 unspecified atom stereocenters. The van der Waals surface area contributed by atoms with Gasteiger partial charge in [-0.3, -0.25) is 9.59 Å². The van der Waals surface area contributed by atoms with Crippen molar-refractivity contribution in [2.24, 2.45) is 11.8 Å². The summed E-state index contributed by atoms with van der Waals surface area (Å²) >= 11 is 1.55. The van der Waals surface area contributed by atoms with Gasteiger partial charge < -0.3 is 14.6 Å². The molecule has 2 heterocycles. The molecule has 1 aliphatic carbocycles. The maximum atomic E-state index is 12.4. The second-order valence-electron chi connectivity index (χ2n) is 7.54. The topological polar surface area (TPSA) is 94.3 Å². The molecule has 1 fully saturated rings. The summed E-state index contributed by atoms with van der Waals surface area (Å²) in [4.78, 5) is 28.7. The summed E-state index contributed by atoms with van der Waals surface area (Å²) in [6.07, 6.45) is 2.83. The number of hydrogen-bond acceptors (Lipinski definition) is 7. The van der Waals surface area contributed by atoms with Crippen molar-refractivity contribution in [1.29, 1.82) is 0 Å². The lowest BCUT2D eigenvalue weighted by Crippen LogP contribution is -2.47. The molecular formula is C20H27N3O4S. The van der Waals surface area contributed by atoms with Crippen LogP contribution >= 0.6 is 11.3 Å². The average Bonchev–Trinajstić information content (AvgIpc) is 3.35. The number of nitrogens with one attached hydrogen (secondary N) is 1. The first kappa shape index (κ1) is 20.5. The first-order valence-electron chi connectivity index (χ1n) is 9.79. The first-order valence-corrected chi connectivity index (χ1v) is 10.7. The van der Waals surface area contributed by atoms with Crippen molar-refractivity contribution in [3.05, 3.63) is 22.7 Å². The lowest BCUT2D eigenvalue weighted by Gasteiger charge is -2.35. The van der Waals surface area contributed by atoms with Crippen molar-refractivity contribution >= 4 is 23.2 Å². The highest BCUT2D eigenvalue weighted by molar-refractivity contribution is 7.08. The van der Waals surface area contributed by atoms with Gasteiger partial charge >= 0.3 is 5.97 Å². The molecule has 0 bridgehead atoms. The molecule has 0 radical (unpaired) electrons. The normalized spacial score (nSPS) is 23.2. The van der Waals surface area contributed by atoms with Gasteiger partial charge in [0.25, 0.3) is 5.91 Å². The highest BCUT2D eigenvalue weighted by Crippen LogP contribution is 2.29. The molecule has 1 saturated carbocycles. The number of esters is 1. The van der Waals surface area contributed by atoms with E-state index in [0.29, 0.717) is 23.6 Å². The van der Waals surface area contributed by atoms with Crippen molar-refractivity contribution < 1.29 is 18.8 Å². The Morgan fingerprint density at radius 3 is 2.96 bits per heavy atom. The first-order chi connectivity index (χ1) is 13.4. The largest absolute Gasteiger partial charge is 0.453 e. The van der Waals surface area contributed by atoms with Crippen molar-refractivity contribution in [2.75, 3.05) is 0 Å². The molecule has 152 valence electrons. The van der Waals surface area contributed by atoms with Crippen LogP contribution in [-0.2, 0) is 20.7 Å². The fourth-order valence-electron chi connectivity index (χ4n) is 3.47. The average molecular weight is 406 g/mol. The number of carbonyl (C=O) groups is 2. The smallest absolute Gasteiger partial charge is 0.307 e. The van der Waals surface area contributed by atoms with Crippen LogP contribution in [0, 0.1) is 11.8 Å². The van der Waals surface area contributed by atoms with E-state index >= 15 is 0 Å². The number of amides is 1. The third-order valence-electron chi connectivity index (χ3n) is 5.50. The Labute approximate surface area is 168 Å². The van der Waals surface area contributed by atoms with Crippen LogP contribution in [0.4, 0.5) is 0 Å². The molecule has 1 amide bonds. The van der Waals surface area contributed by atoms with Gasteiger partial charge in [-0.25, -0.2) is 0 Å². The van der Waals surface area contributed by atoms with E-state index in [1.165, 1.54) is 6.42 Å². The molecule has 4 atom stereocenters. The second-order valence-corrected chi connectivity index (χ2v) is 8.32. The maximum Gasteiger partial charge on any atom is 0.307 e. The molecule has 28 heavy (non-hydrogen) atoms. The van der Waals surface area contributed by atoms with Crippen molar-refractivity contribution in [3.63, 3.8) is 0 Å². The summed E-state index contributed by atoms with van der Waals surface area (Å²) in [6, 6.07) is 2.05. The highest BCUT2D eigenvalue weighted by atomic mass is 32.1. The van der Waals surface area contributed by atoms with Gasteiger partial charge in [0.2, 0.25) is 11.7 Å².